The van der Waals surface area contributed by atoms with Crippen molar-refractivity contribution in [2.24, 2.45) is 11.8 Å². The van der Waals surface area contributed by atoms with Crippen LogP contribution in [-0.4, -0.2) is 38.6 Å². The van der Waals surface area contributed by atoms with Crippen LogP contribution in [0.3, 0.4) is 0 Å². The molecule has 0 bridgehead atoms. The number of hydrogen-bond acceptors (Lipinski definition) is 6. The molecule has 6 rings (SSSR count). The van der Waals surface area contributed by atoms with Gasteiger partial charge in [-0.1, -0.05) is 78.9 Å². The Morgan fingerprint density at radius 2 is 1.45 bits per heavy atom. The Bertz CT molecular complexity index is 1660. The predicted octanol–water partition coefficient (Wildman–Crippen LogP) is 6.15. The molecule has 1 aliphatic carbocycles. The van der Waals surface area contributed by atoms with Gasteiger partial charge in [-0.3, -0.25) is 4.79 Å². The van der Waals surface area contributed by atoms with Crippen molar-refractivity contribution in [3.05, 3.63) is 132 Å². The van der Waals surface area contributed by atoms with Gasteiger partial charge in [0.05, 0.1) is 45.1 Å². The molecule has 1 amide bonds. The lowest BCUT2D eigenvalue weighted by Gasteiger charge is -2.47. The summed E-state index contributed by atoms with van der Waals surface area (Å²) in [6, 6.07) is 28.3. The smallest absolute Gasteiger partial charge is 0.256 e. The van der Waals surface area contributed by atoms with Crippen LogP contribution in [0.1, 0.15) is 27.5 Å². The average molecular weight is 564 g/mol. The topological polar surface area (TPSA) is 91.2 Å². The van der Waals surface area contributed by atoms with E-state index >= 15 is 0 Å². The van der Waals surface area contributed by atoms with E-state index in [4.69, 9.17) is 9.47 Å². The SMILES string of the molecule is O=C(Nc1ncnc2c1ncn2[C@@H]1/C(=C\F)[C@H](COCc2ccccc2)[C@H]1COCc1ccccc1)c1ccccc1. The molecule has 3 aromatic carbocycles. The van der Waals surface area contributed by atoms with Crippen molar-refractivity contribution in [2.45, 2.75) is 19.3 Å². The number of hydrogen-bond donors (Lipinski definition) is 1. The molecule has 2 aromatic heterocycles. The number of fused-ring (bicyclic) bond motifs is 1. The fourth-order valence-corrected chi connectivity index (χ4v) is 5.44. The van der Waals surface area contributed by atoms with Crippen LogP contribution in [-0.2, 0) is 22.7 Å². The van der Waals surface area contributed by atoms with E-state index in [1.807, 2.05) is 71.3 Å². The van der Waals surface area contributed by atoms with Crippen LogP contribution >= 0.6 is 0 Å². The van der Waals surface area contributed by atoms with Crippen LogP contribution in [0.5, 0.6) is 0 Å². The molecule has 0 unspecified atom stereocenters. The fourth-order valence-electron chi connectivity index (χ4n) is 5.44. The van der Waals surface area contributed by atoms with Gasteiger partial charge in [0.1, 0.15) is 6.33 Å². The summed E-state index contributed by atoms with van der Waals surface area (Å²) in [6.45, 7) is 1.61. The quantitative estimate of drug-likeness (QED) is 0.207. The Hall–Kier alpha value is -4.73. The normalized spacial score (nSPS) is 19.1. The highest BCUT2D eigenvalue weighted by molar-refractivity contribution is 6.06. The van der Waals surface area contributed by atoms with Gasteiger partial charge in [-0.2, -0.15) is 0 Å². The first-order chi connectivity index (χ1) is 20.7. The van der Waals surface area contributed by atoms with Crippen LogP contribution in [0.25, 0.3) is 11.2 Å². The van der Waals surface area contributed by atoms with Crippen molar-refractivity contribution in [3.8, 4) is 0 Å². The molecule has 212 valence electrons. The van der Waals surface area contributed by atoms with Gasteiger partial charge in [0.2, 0.25) is 0 Å². The minimum Gasteiger partial charge on any atom is -0.376 e. The number of benzene rings is 3. The first kappa shape index (κ1) is 27.4. The number of amides is 1. The third-order valence-corrected chi connectivity index (χ3v) is 7.58. The first-order valence-corrected chi connectivity index (χ1v) is 13.8. The maximum Gasteiger partial charge on any atom is 0.256 e. The van der Waals surface area contributed by atoms with Gasteiger partial charge in [-0.05, 0) is 28.8 Å². The molecule has 0 radical (unpaired) electrons. The molecular formula is C33H30FN5O3. The van der Waals surface area contributed by atoms with Crippen LogP contribution in [0.15, 0.2) is 116 Å². The Morgan fingerprint density at radius 3 is 2.10 bits per heavy atom. The molecule has 1 aliphatic rings. The predicted molar refractivity (Wildman–Crippen MR) is 157 cm³/mol. The van der Waals surface area contributed by atoms with Gasteiger partial charge < -0.3 is 19.4 Å². The van der Waals surface area contributed by atoms with Gasteiger partial charge >= 0.3 is 0 Å². The summed E-state index contributed by atoms with van der Waals surface area (Å²) in [7, 11) is 0. The molecule has 9 heteroatoms. The number of anilines is 1. The van der Waals surface area contributed by atoms with Crippen LogP contribution in [0, 0.1) is 11.8 Å². The second-order valence-corrected chi connectivity index (χ2v) is 10.2. The number of nitrogens with zero attached hydrogens (tertiary/aromatic N) is 4. The zero-order valence-electron chi connectivity index (χ0n) is 22.8. The lowest BCUT2D eigenvalue weighted by Crippen LogP contribution is -2.46. The van der Waals surface area contributed by atoms with E-state index in [1.165, 1.54) is 6.33 Å². The first-order valence-electron chi connectivity index (χ1n) is 13.8. The van der Waals surface area contributed by atoms with Gasteiger partial charge in [0, 0.05) is 17.4 Å². The van der Waals surface area contributed by atoms with Crippen molar-refractivity contribution in [1.82, 2.24) is 19.5 Å². The largest absolute Gasteiger partial charge is 0.376 e. The summed E-state index contributed by atoms with van der Waals surface area (Å²) < 4.78 is 28.5. The van der Waals surface area contributed by atoms with Crippen molar-refractivity contribution >= 4 is 22.9 Å². The average Bonchev–Trinajstić information content (AvgIpc) is 3.46. The molecule has 1 fully saturated rings. The monoisotopic (exact) mass is 563 g/mol. The Morgan fingerprint density at radius 1 is 0.833 bits per heavy atom. The van der Waals surface area contributed by atoms with Crippen molar-refractivity contribution in [3.63, 3.8) is 0 Å². The second kappa shape index (κ2) is 12.8. The Balaban J connectivity index is 1.23. The molecule has 1 N–H and O–H groups in total. The number of rotatable bonds is 11. The third-order valence-electron chi connectivity index (χ3n) is 7.58. The van der Waals surface area contributed by atoms with Crippen LogP contribution < -0.4 is 5.32 Å². The number of carbonyl (C=O) groups excluding carboxylic acids is 1. The highest BCUT2D eigenvalue weighted by Crippen LogP contribution is 2.50. The van der Waals surface area contributed by atoms with E-state index in [2.05, 4.69) is 20.3 Å². The second-order valence-electron chi connectivity index (χ2n) is 10.2. The lowest BCUT2D eigenvalue weighted by atomic mass is 9.65. The van der Waals surface area contributed by atoms with Crippen molar-refractivity contribution in [1.29, 1.82) is 0 Å². The zero-order valence-corrected chi connectivity index (χ0v) is 22.8. The molecule has 1 saturated carbocycles. The third kappa shape index (κ3) is 5.83. The van der Waals surface area contributed by atoms with Gasteiger partial charge in [-0.15, -0.1) is 0 Å². The summed E-state index contributed by atoms with van der Waals surface area (Å²) in [5.41, 5.74) is 4.12. The molecule has 0 saturated heterocycles. The molecule has 42 heavy (non-hydrogen) atoms. The Kier molecular flexibility index (Phi) is 8.39. The van der Waals surface area contributed by atoms with Crippen LogP contribution in [0.2, 0.25) is 0 Å². The number of carbonyl (C=O) groups is 1. The number of imidazole rings is 1. The van der Waals surface area contributed by atoms with Gasteiger partial charge in [0.15, 0.2) is 17.0 Å². The molecule has 3 atom stereocenters. The molecule has 0 spiro atoms. The Labute approximate surface area is 242 Å². The van der Waals surface area contributed by atoms with E-state index in [0.717, 1.165) is 11.1 Å². The maximum absolute atomic E-state index is 14.5. The summed E-state index contributed by atoms with van der Waals surface area (Å²) in [4.78, 5) is 26.1. The minimum atomic E-state index is -0.381. The molecule has 2 heterocycles. The summed E-state index contributed by atoms with van der Waals surface area (Å²) in [6.07, 6.45) is 3.66. The van der Waals surface area contributed by atoms with E-state index in [0.29, 0.717) is 55.1 Å². The van der Waals surface area contributed by atoms with Gasteiger partial charge in [0.25, 0.3) is 5.91 Å². The van der Waals surface area contributed by atoms with E-state index in [-0.39, 0.29) is 29.6 Å². The highest BCUT2D eigenvalue weighted by Gasteiger charge is 2.48. The fraction of sp³-hybridized carbons (Fsp3) is 0.212. The summed E-state index contributed by atoms with van der Waals surface area (Å²) in [5.74, 6) is -0.296. The zero-order chi connectivity index (χ0) is 28.7. The van der Waals surface area contributed by atoms with E-state index in [9.17, 15) is 9.18 Å². The number of halogens is 1. The molecular weight excluding hydrogens is 533 g/mol. The maximum atomic E-state index is 14.5. The summed E-state index contributed by atoms with van der Waals surface area (Å²) in [5, 5.41) is 2.83. The number of nitrogens with one attached hydrogen (secondary N) is 1. The standard InChI is InChI=1S/C33H30FN5O3/c34-16-26-27(19-41-17-23-10-4-1-5-11-23)28(20-42-18-24-12-6-2-7-13-24)30(26)39-22-37-29-31(35-21-36-32(29)39)38-33(40)25-14-8-3-9-15-25/h1-16,21-22,27-28,30H,17-20H2,(H,35,36,38,40)/b26-16-/t27-,28+,30+/m0/s1. The van der Waals surface area contributed by atoms with Crippen molar-refractivity contribution < 1.29 is 18.7 Å². The number of ether oxygens (including phenoxy) is 2. The number of aromatic nitrogens is 4. The van der Waals surface area contributed by atoms with Crippen LogP contribution in [0.4, 0.5) is 10.2 Å². The van der Waals surface area contributed by atoms with Crippen molar-refractivity contribution in [2.75, 3.05) is 18.5 Å². The lowest BCUT2D eigenvalue weighted by molar-refractivity contribution is -0.0178. The van der Waals surface area contributed by atoms with E-state index in [1.54, 1.807) is 30.6 Å². The molecule has 8 nitrogen and oxygen atoms in total. The minimum absolute atomic E-state index is 0.0961. The molecule has 0 aliphatic heterocycles. The summed E-state index contributed by atoms with van der Waals surface area (Å²) >= 11 is 0. The van der Waals surface area contributed by atoms with Gasteiger partial charge in [-0.25, -0.2) is 19.3 Å². The van der Waals surface area contributed by atoms with E-state index < -0.39 is 0 Å². The highest BCUT2D eigenvalue weighted by atomic mass is 19.1. The molecule has 5 aromatic rings.